The summed E-state index contributed by atoms with van der Waals surface area (Å²) in [5, 5.41) is 6.63. The summed E-state index contributed by atoms with van der Waals surface area (Å²) >= 11 is 0. The Morgan fingerprint density at radius 1 is 1.18 bits per heavy atom. The maximum absolute atomic E-state index is 3.86. The molecule has 2 nitrogen and oxygen atoms in total. The van der Waals surface area contributed by atoms with Crippen molar-refractivity contribution in [2.45, 2.75) is 0 Å². The van der Waals surface area contributed by atoms with E-state index < -0.39 is 0 Å². The van der Waals surface area contributed by atoms with Crippen molar-refractivity contribution in [1.29, 1.82) is 0 Å². The van der Waals surface area contributed by atoms with Crippen molar-refractivity contribution in [2.24, 2.45) is 0 Å². The molecule has 0 aliphatic rings. The second-order valence-electron chi connectivity index (χ2n) is 2.28. The summed E-state index contributed by atoms with van der Waals surface area (Å²) in [5.41, 5.74) is 2.27. The summed E-state index contributed by atoms with van der Waals surface area (Å²) in [6.45, 7) is 0. The Labute approximate surface area is 64.9 Å². The number of aromatic amines is 1. The number of rotatable bonds is 1. The maximum atomic E-state index is 3.86. The molecule has 2 heteroatoms. The molecule has 0 spiro atoms. The lowest BCUT2D eigenvalue weighted by molar-refractivity contribution is 1.09. The quantitative estimate of drug-likeness (QED) is 0.648. The minimum Gasteiger partial charge on any atom is -0.285 e. The van der Waals surface area contributed by atoms with Crippen LogP contribution in [0.5, 0.6) is 0 Å². The van der Waals surface area contributed by atoms with Gasteiger partial charge in [-0.15, -0.1) is 0 Å². The zero-order valence-corrected chi connectivity index (χ0v) is 5.91. The van der Waals surface area contributed by atoms with Crippen molar-refractivity contribution < 1.29 is 0 Å². The van der Waals surface area contributed by atoms with Crippen LogP contribution in [0.25, 0.3) is 11.1 Å². The highest BCUT2D eigenvalue weighted by atomic mass is 15.1. The molecule has 2 aromatic rings. The van der Waals surface area contributed by atoms with E-state index >= 15 is 0 Å². The molecule has 1 heterocycles. The number of aromatic nitrogens is 2. The molecule has 0 aliphatic carbocycles. The average Bonchev–Trinajstić information content (AvgIpc) is 2.58. The Kier molecular flexibility index (Phi) is 1.44. The minimum absolute atomic E-state index is 1.11. The Hall–Kier alpha value is -1.57. The molecule has 1 aromatic carbocycles. The van der Waals surface area contributed by atoms with Crippen molar-refractivity contribution in [3.05, 3.63) is 42.7 Å². The van der Waals surface area contributed by atoms with Gasteiger partial charge in [-0.3, -0.25) is 5.10 Å². The molecule has 0 saturated heterocycles. The van der Waals surface area contributed by atoms with Crippen molar-refractivity contribution in [1.82, 2.24) is 10.2 Å². The zero-order chi connectivity index (χ0) is 7.52. The third kappa shape index (κ3) is 1.15. The first-order valence-corrected chi connectivity index (χ1v) is 3.42. The minimum atomic E-state index is 1.11. The number of H-pyrrole nitrogens is 1. The highest BCUT2D eigenvalue weighted by Gasteiger charge is 1.94. The molecule has 11 heavy (non-hydrogen) atoms. The maximum Gasteiger partial charge on any atom is 0.0565 e. The molecule has 2 rings (SSSR count). The van der Waals surface area contributed by atoms with Gasteiger partial charge in [0, 0.05) is 11.8 Å². The molecule has 0 aliphatic heterocycles. The van der Waals surface area contributed by atoms with E-state index in [0.29, 0.717) is 0 Å². The molecular formula is C9H7N2. The molecule has 0 bridgehead atoms. The van der Waals surface area contributed by atoms with E-state index in [9.17, 15) is 0 Å². The zero-order valence-electron chi connectivity index (χ0n) is 5.91. The lowest BCUT2D eigenvalue weighted by atomic mass is 10.1. The van der Waals surface area contributed by atoms with Crippen molar-refractivity contribution in [2.75, 3.05) is 0 Å². The summed E-state index contributed by atoms with van der Waals surface area (Å²) in [6, 6.07) is 10.8. The SMILES string of the molecule is [c]1ccc(-c2cn[nH]c2)cc1. The fourth-order valence-electron chi connectivity index (χ4n) is 0.988. The number of nitrogens with one attached hydrogen (secondary N) is 1. The van der Waals surface area contributed by atoms with Crippen LogP contribution in [0, 0.1) is 6.07 Å². The monoisotopic (exact) mass is 143 g/mol. The van der Waals surface area contributed by atoms with E-state index in [-0.39, 0.29) is 0 Å². The van der Waals surface area contributed by atoms with Crippen molar-refractivity contribution in [3.8, 4) is 11.1 Å². The summed E-state index contributed by atoms with van der Waals surface area (Å²) in [7, 11) is 0. The van der Waals surface area contributed by atoms with Gasteiger partial charge in [-0.05, 0) is 11.6 Å². The molecule has 0 unspecified atom stereocenters. The highest BCUT2D eigenvalue weighted by Crippen LogP contribution is 2.15. The largest absolute Gasteiger partial charge is 0.285 e. The number of hydrogen-bond donors (Lipinski definition) is 1. The van der Waals surface area contributed by atoms with E-state index in [1.165, 1.54) is 0 Å². The van der Waals surface area contributed by atoms with Crippen LogP contribution in [0.15, 0.2) is 36.7 Å². The lowest BCUT2D eigenvalue weighted by Gasteiger charge is -1.92. The summed E-state index contributed by atoms with van der Waals surface area (Å²) in [6.07, 6.45) is 3.67. The van der Waals surface area contributed by atoms with Crippen LogP contribution in [0.2, 0.25) is 0 Å². The standard InChI is InChI=1S/C9H7N2/c1-2-4-8(5-3-1)9-6-10-11-7-9/h2-7H,(H,10,11). The van der Waals surface area contributed by atoms with Crippen LogP contribution in [0.4, 0.5) is 0 Å². The third-order valence-corrected chi connectivity index (χ3v) is 1.55. The van der Waals surface area contributed by atoms with E-state index in [2.05, 4.69) is 16.3 Å². The highest BCUT2D eigenvalue weighted by molar-refractivity contribution is 5.60. The van der Waals surface area contributed by atoms with Crippen LogP contribution in [0.3, 0.4) is 0 Å². The molecule has 0 atom stereocenters. The Bertz CT molecular complexity index is 311. The fourth-order valence-corrected chi connectivity index (χ4v) is 0.988. The Morgan fingerprint density at radius 2 is 2.00 bits per heavy atom. The first-order chi connectivity index (χ1) is 5.47. The molecule has 1 aromatic heterocycles. The lowest BCUT2D eigenvalue weighted by Crippen LogP contribution is -1.70. The molecule has 0 fully saturated rings. The van der Waals surface area contributed by atoms with Crippen LogP contribution in [0.1, 0.15) is 0 Å². The van der Waals surface area contributed by atoms with Gasteiger partial charge < -0.3 is 0 Å². The van der Waals surface area contributed by atoms with Gasteiger partial charge in [-0.1, -0.05) is 24.3 Å². The second kappa shape index (κ2) is 2.58. The van der Waals surface area contributed by atoms with E-state index in [1.807, 2.05) is 30.5 Å². The smallest absolute Gasteiger partial charge is 0.0565 e. The Morgan fingerprint density at radius 3 is 2.64 bits per heavy atom. The number of hydrogen-bond acceptors (Lipinski definition) is 1. The van der Waals surface area contributed by atoms with Gasteiger partial charge in [0.05, 0.1) is 6.20 Å². The van der Waals surface area contributed by atoms with E-state index in [0.717, 1.165) is 11.1 Å². The van der Waals surface area contributed by atoms with E-state index in [4.69, 9.17) is 0 Å². The third-order valence-electron chi connectivity index (χ3n) is 1.55. The Balaban J connectivity index is 2.46. The van der Waals surface area contributed by atoms with Crippen LogP contribution >= 0.6 is 0 Å². The van der Waals surface area contributed by atoms with Gasteiger partial charge in [0.1, 0.15) is 0 Å². The predicted octanol–water partition coefficient (Wildman–Crippen LogP) is 1.88. The van der Waals surface area contributed by atoms with Gasteiger partial charge in [-0.2, -0.15) is 5.10 Å². The van der Waals surface area contributed by atoms with Crippen LogP contribution in [-0.2, 0) is 0 Å². The number of benzene rings is 1. The molecular weight excluding hydrogens is 136 g/mol. The predicted molar refractivity (Wildman–Crippen MR) is 42.9 cm³/mol. The molecule has 0 amide bonds. The van der Waals surface area contributed by atoms with Gasteiger partial charge in [0.2, 0.25) is 0 Å². The molecule has 1 N–H and O–H groups in total. The van der Waals surface area contributed by atoms with Crippen LogP contribution < -0.4 is 0 Å². The summed E-state index contributed by atoms with van der Waals surface area (Å²) in [5.74, 6) is 0. The topological polar surface area (TPSA) is 28.7 Å². The first kappa shape index (κ1) is 6.16. The van der Waals surface area contributed by atoms with Gasteiger partial charge in [0.25, 0.3) is 0 Å². The molecule has 0 saturated carbocycles. The molecule has 53 valence electrons. The van der Waals surface area contributed by atoms with Gasteiger partial charge in [0.15, 0.2) is 0 Å². The van der Waals surface area contributed by atoms with Gasteiger partial charge in [-0.25, -0.2) is 0 Å². The van der Waals surface area contributed by atoms with Gasteiger partial charge >= 0.3 is 0 Å². The number of nitrogens with zero attached hydrogens (tertiary/aromatic N) is 1. The average molecular weight is 143 g/mol. The molecule has 1 radical (unpaired) electrons. The summed E-state index contributed by atoms with van der Waals surface area (Å²) < 4.78 is 0. The van der Waals surface area contributed by atoms with Crippen LogP contribution in [-0.4, -0.2) is 10.2 Å². The van der Waals surface area contributed by atoms with Crippen molar-refractivity contribution >= 4 is 0 Å². The summed E-state index contributed by atoms with van der Waals surface area (Å²) in [4.78, 5) is 0. The first-order valence-electron chi connectivity index (χ1n) is 3.42. The second-order valence-corrected chi connectivity index (χ2v) is 2.28. The fraction of sp³-hybridized carbons (Fsp3) is 0. The van der Waals surface area contributed by atoms with E-state index in [1.54, 1.807) is 6.20 Å². The normalized spacial score (nSPS) is 9.82. The van der Waals surface area contributed by atoms with Crippen molar-refractivity contribution in [3.63, 3.8) is 0 Å².